The highest BCUT2D eigenvalue weighted by molar-refractivity contribution is 5.24. The fourth-order valence-electron chi connectivity index (χ4n) is 5.27. The maximum Gasteiger partial charge on any atom is 0.222 e. The van der Waals surface area contributed by atoms with Gasteiger partial charge < -0.3 is 10.3 Å². The molecule has 2 N–H and O–H groups in total. The van der Waals surface area contributed by atoms with Crippen LogP contribution < -0.4 is 5.73 Å². The lowest BCUT2D eigenvalue weighted by atomic mass is 9.51. The molecule has 98 valence electrons. The zero-order chi connectivity index (χ0) is 12.1. The van der Waals surface area contributed by atoms with Crippen molar-refractivity contribution < 1.29 is 4.52 Å². The van der Waals surface area contributed by atoms with Gasteiger partial charge in [-0.05, 0) is 74.5 Å². The Balaban J connectivity index is 1.43. The number of anilines is 1. The number of nitrogens with zero attached hydrogens (tertiary/aromatic N) is 1. The number of hydrogen-bond donors (Lipinski definition) is 1. The molecular formula is C15H22N2O. The zero-order valence-corrected chi connectivity index (χ0v) is 10.8. The Morgan fingerprint density at radius 3 is 2.33 bits per heavy atom. The maximum atomic E-state index is 5.57. The van der Waals surface area contributed by atoms with Crippen LogP contribution in [0.2, 0.25) is 0 Å². The summed E-state index contributed by atoms with van der Waals surface area (Å²) in [6, 6.07) is 1.88. The number of aryl methyl sites for hydroxylation is 1. The van der Waals surface area contributed by atoms with Gasteiger partial charge in [-0.25, -0.2) is 0 Å². The molecular weight excluding hydrogens is 224 g/mol. The summed E-state index contributed by atoms with van der Waals surface area (Å²) in [5.74, 6) is 5.60. The SMILES string of the molecule is Nc1cc(CCC2C3CC4CC(C3)CC2C4)no1. The van der Waals surface area contributed by atoms with Crippen LogP contribution in [0.3, 0.4) is 0 Å². The number of hydrogen-bond acceptors (Lipinski definition) is 3. The summed E-state index contributed by atoms with van der Waals surface area (Å²) in [6.45, 7) is 0. The summed E-state index contributed by atoms with van der Waals surface area (Å²) in [4.78, 5) is 0. The van der Waals surface area contributed by atoms with Gasteiger partial charge in [-0.2, -0.15) is 0 Å². The monoisotopic (exact) mass is 246 g/mol. The topological polar surface area (TPSA) is 52.0 Å². The van der Waals surface area contributed by atoms with Gasteiger partial charge in [-0.3, -0.25) is 0 Å². The van der Waals surface area contributed by atoms with Gasteiger partial charge in [0.25, 0.3) is 0 Å². The zero-order valence-electron chi connectivity index (χ0n) is 10.8. The molecule has 0 unspecified atom stereocenters. The second-order valence-electron chi connectivity index (χ2n) is 6.85. The van der Waals surface area contributed by atoms with Crippen molar-refractivity contribution in [3.8, 4) is 0 Å². The molecule has 0 spiro atoms. The fourth-order valence-corrected chi connectivity index (χ4v) is 5.27. The van der Waals surface area contributed by atoms with E-state index in [-0.39, 0.29) is 0 Å². The van der Waals surface area contributed by atoms with Gasteiger partial charge in [0.2, 0.25) is 5.88 Å². The molecule has 0 aromatic carbocycles. The lowest BCUT2D eigenvalue weighted by Crippen LogP contribution is -2.45. The van der Waals surface area contributed by atoms with Crippen LogP contribution in [0.15, 0.2) is 10.6 Å². The Kier molecular flexibility index (Phi) is 2.42. The van der Waals surface area contributed by atoms with Gasteiger partial charge in [0.05, 0.1) is 5.69 Å². The van der Waals surface area contributed by atoms with Crippen molar-refractivity contribution in [2.45, 2.75) is 44.9 Å². The van der Waals surface area contributed by atoms with Crippen LogP contribution in [-0.2, 0) is 6.42 Å². The van der Waals surface area contributed by atoms with E-state index in [9.17, 15) is 0 Å². The highest BCUT2D eigenvalue weighted by atomic mass is 16.5. The minimum atomic E-state index is 0.454. The number of aromatic nitrogens is 1. The Labute approximate surface area is 108 Å². The average molecular weight is 246 g/mol. The molecule has 4 aliphatic carbocycles. The average Bonchev–Trinajstić information content (AvgIpc) is 2.73. The minimum Gasteiger partial charge on any atom is -0.368 e. The quantitative estimate of drug-likeness (QED) is 0.890. The van der Waals surface area contributed by atoms with E-state index in [4.69, 9.17) is 10.3 Å². The standard InChI is InChI=1S/C15H22N2O/c16-15-8-13(17-18-15)1-2-14-11-4-9-3-10(6-11)7-12(14)5-9/h8-12,14H,1-7,16H2. The largest absolute Gasteiger partial charge is 0.368 e. The maximum absolute atomic E-state index is 5.57. The molecule has 5 rings (SSSR count). The summed E-state index contributed by atoms with van der Waals surface area (Å²) in [7, 11) is 0. The van der Waals surface area contributed by atoms with E-state index >= 15 is 0 Å². The number of nitrogen functional groups attached to an aromatic ring is 1. The van der Waals surface area contributed by atoms with Crippen molar-refractivity contribution in [2.24, 2.45) is 29.6 Å². The van der Waals surface area contributed by atoms with Crippen LogP contribution in [0.4, 0.5) is 5.88 Å². The molecule has 4 aliphatic rings. The second-order valence-corrected chi connectivity index (χ2v) is 6.85. The molecule has 3 heteroatoms. The first-order valence-corrected chi connectivity index (χ1v) is 7.49. The van der Waals surface area contributed by atoms with E-state index in [1.54, 1.807) is 6.42 Å². The first-order valence-electron chi connectivity index (χ1n) is 7.49. The lowest BCUT2D eigenvalue weighted by Gasteiger charge is -2.54. The van der Waals surface area contributed by atoms with Crippen LogP contribution in [0.25, 0.3) is 0 Å². The van der Waals surface area contributed by atoms with E-state index < -0.39 is 0 Å². The van der Waals surface area contributed by atoms with Gasteiger partial charge in [0.15, 0.2) is 0 Å². The minimum absolute atomic E-state index is 0.454. The van der Waals surface area contributed by atoms with Gasteiger partial charge in [-0.15, -0.1) is 0 Å². The molecule has 0 amide bonds. The van der Waals surface area contributed by atoms with Crippen molar-refractivity contribution in [2.75, 3.05) is 5.73 Å². The van der Waals surface area contributed by atoms with Crippen molar-refractivity contribution >= 4 is 5.88 Å². The van der Waals surface area contributed by atoms with E-state index in [0.717, 1.165) is 41.7 Å². The predicted octanol–water partition coefficient (Wildman–Crippen LogP) is 3.26. The van der Waals surface area contributed by atoms with Gasteiger partial charge >= 0.3 is 0 Å². The predicted molar refractivity (Wildman–Crippen MR) is 69.8 cm³/mol. The first-order chi connectivity index (χ1) is 8.78. The summed E-state index contributed by atoms with van der Waals surface area (Å²) in [5.41, 5.74) is 6.62. The first kappa shape index (κ1) is 10.9. The van der Waals surface area contributed by atoms with Crippen LogP contribution in [0.1, 0.15) is 44.2 Å². The van der Waals surface area contributed by atoms with E-state index in [0.29, 0.717) is 5.88 Å². The molecule has 4 fully saturated rings. The third kappa shape index (κ3) is 1.75. The normalized spacial score (nSPS) is 41.4. The summed E-state index contributed by atoms with van der Waals surface area (Å²) >= 11 is 0. The Bertz CT molecular complexity index is 411. The Morgan fingerprint density at radius 1 is 1.11 bits per heavy atom. The molecule has 1 aromatic rings. The Morgan fingerprint density at radius 2 is 1.78 bits per heavy atom. The highest BCUT2D eigenvalue weighted by Crippen LogP contribution is 2.57. The molecule has 1 aromatic heterocycles. The van der Waals surface area contributed by atoms with Gasteiger partial charge in [0.1, 0.15) is 0 Å². The number of rotatable bonds is 3. The molecule has 0 saturated heterocycles. The van der Waals surface area contributed by atoms with Gasteiger partial charge in [-0.1, -0.05) is 5.16 Å². The van der Waals surface area contributed by atoms with Crippen LogP contribution in [0, 0.1) is 29.6 Å². The van der Waals surface area contributed by atoms with Crippen molar-refractivity contribution in [3.63, 3.8) is 0 Å². The molecule has 4 saturated carbocycles. The summed E-state index contributed by atoms with van der Waals surface area (Å²) in [5, 5.41) is 4.02. The molecule has 1 heterocycles. The highest BCUT2D eigenvalue weighted by Gasteiger charge is 2.47. The van der Waals surface area contributed by atoms with E-state index in [1.807, 2.05) is 6.07 Å². The molecule has 0 atom stereocenters. The van der Waals surface area contributed by atoms with E-state index in [2.05, 4.69) is 5.16 Å². The third-order valence-corrected chi connectivity index (χ3v) is 5.73. The molecule has 0 aliphatic heterocycles. The van der Waals surface area contributed by atoms with Crippen molar-refractivity contribution in [1.29, 1.82) is 0 Å². The molecule has 18 heavy (non-hydrogen) atoms. The number of nitrogens with two attached hydrogens (primary N) is 1. The van der Waals surface area contributed by atoms with Crippen molar-refractivity contribution in [3.05, 3.63) is 11.8 Å². The van der Waals surface area contributed by atoms with Crippen molar-refractivity contribution in [1.82, 2.24) is 5.16 Å². The van der Waals surface area contributed by atoms with Gasteiger partial charge in [0, 0.05) is 6.07 Å². The second kappa shape index (κ2) is 4.01. The van der Waals surface area contributed by atoms with Crippen LogP contribution in [-0.4, -0.2) is 5.16 Å². The summed E-state index contributed by atoms with van der Waals surface area (Å²) < 4.78 is 4.95. The lowest BCUT2D eigenvalue weighted by molar-refractivity contribution is -0.0395. The third-order valence-electron chi connectivity index (χ3n) is 5.73. The van der Waals surface area contributed by atoms with Crippen LogP contribution >= 0.6 is 0 Å². The summed E-state index contributed by atoms with van der Waals surface area (Å²) in [6.07, 6.45) is 9.93. The van der Waals surface area contributed by atoms with E-state index in [1.165, 1.54) is 32.1 Å². The molecule has 3 nitrogen and oxygen atoms in total. The smallest absolute Gasteiger partial charge is 0.222 e. The molecule has 4 bridgehead atoms. The Hall–Kier alpha value is -0.990. The fraction of sp³-hybridized carbons (Fsp3) is 0.800. The van der Waals surface area contributed by atoms with Crippen LogP contribution in [0.5, 0.6) is 0 Å². The molecule has 0 radical (unpaired) electrons.